The Labute approximate surface area is 113 Å². The van der Waals surface area contributed by atoms with Crippen molar-refractivity contribution in [2.75, 3.05) is 29.9 Å². The molecule has 0 aliphatic carbocycles. The summed E-state index contributed by atoms with van der Waals surface area (Å²) in [6.45, 7) is 1.95. The van der Waals surface area contributed by atoms with Crippen LogP contribution in [0.4, 0.5) is 17.1 Å². The van der Waals surface area contributed by atoms with Crippen LogP contribution in [0.2, 0.25) is 0 Å². The number of nitrogens with zero attached hydrogens (tertiary/aromatic N) is 3. The first-order valence-electron chi connectivity index (χ1n) is 6.37. The molecule has 3 rings (SSSR count). The Hall–Kier alpha value is -2.47. The van der Waals surface area contributed by atoms with Crippen LogP contribution in [0.25, 0.3) is 0 Å². The fourth-order valence-corrected chi connectivity index (χ4v) is 2.49. The summed E-state index contributed by atoms with van der Waals surface area (Å²) in [5.41, 5.74) is 4.31. The van der Waals surface area contributed by atoms with Gasteiger partial charge in [-0.2, -0.15) is 5.26 Å². The van der Waals surface area contributed by atoms with E-state index in [0.717, 1.165) is 18.8 Å². The van der Waals surface area contributed by atoms with Crippen molar-refractivity contribution in [3.63, 3.8) is 0 Å². The van der Waals surface area contributed by atoms with Crippen LogP contribution in [0.3, 0.4) is 0 Å². The van der Waals surface area contributed by atoms with Crippen molar-refractivity contribution in [2.24, 2.45) is 0 Å². The van der Waals surface area contributed by atoms with Gasteiger partial charge < -0.3 is 9.80 Å². The minimum absolute atomic E-state index is 0.700. The van der Waals surface area contributed by atoms with Gasteiger partial charge in [0, 0.05) is 25.8 Å². The molecule has 2 aromatic rings. The molecule has 0 saturated carbocycles. The maximum absolute atomic E-state index is 8.86. The van der Waals surface area contributed by atoms with E-state index in [1.807, 2.05) is 24.3 Å². The summed E-state index contributed by atoms with van der Waals surface area (Å²) in [6, 6.07) is 18.3. The Morgan fingerprint density at radius 1 is 0.947 bits per heavy atom. The smallest absolute Gasteiger partial charge is 0.0991 e. The van der Waals surface area contributed by atoms with E-state index in [0.29, 0.717) is 5.56 Å². The Balaban J connectivity index is 2.02. The van der Waals surface area contributed by atoms with E-state index in [9.17, 15) is 0 Å². The lowest BCUT2D eigenvalue weighted by Gasteiger charge is -2.37. The van der Waals surface area contributed by atoms with Crippen molar-refractivity contribution >= 4 is 17.1 Å². The Kier molecular flexibility index (Phi) is 2.85. The third-order valence-corrected chi connectivity index (χ3v) is 3.55. The summed E-state index contributed by atoms with van der Waals surface area (Å²) in [5, 5.41) is 8.86. The van der Waals surface area contributed by atoms with E-state index in [2.05, 4.69) is 47.2 Å². The molecule has 0 bridgehead atoms. The number of nitriles is 1. The molecule has 0 aromatic heterocycles. The first-order valence-corrected chi connectivity index (χ1v) is 6.37. The maximum Gasteiger partial charge on any atom is 0.0991 e. The highest BCUT2D eigenvalue weighted by Gasteiger charge is 2.20. The summed E-state index contributed by atoms with van der Waals surface area (Å²) in [7, 11) is 2.12. The lowest BCUT2D eigenvalue weighted by atomic mass is 10.1. The van der Waals surface area contributed by atoms with E-state index in [4.69, 9.17) is 5.26 Å². The van der Waals surface area contributed by atoms with Gasteiger partial charge >= 0.3 is 0 Å². The van der Waals surface area contributed by atoms with Crippen LogP contribution in [-0.2, 0) is 0 Å². The number of hydrogen-bond donors (Lipinski definition) is 0. The molecule has 94 valence electrons. The van der Waals surface area contributed by atoms with E-state index in [1.165, 1.54) is 11.4 Å². The van der Waals surface area contributed by atoms with E-state index < -0.39 is 0 Å². The van der Waals surface area contributed by atoms with Crippen molar-refractivity contribution in [3.05, 3.63) is 54.1 Å². The van der Waals surface area contributed by atoms with Crippen LogP contribution in [0.5, 0.6) is 0 Å². The number of fused-ring (bicyclic) bond motifs is 1. The number of anilines is 3. The number of likely N-dealkylation sites (N-methyl/N-ethyl adjacent to an activating group) is 1. The fourth-order valence-electron chi connectivity index (χ4n) is 2.49. The monoisotopic (exact) mass is 249 g/mol. The molecule has 19 heavy (non-hydrogen) atoms. The zero-order valence-corrected chi connectivity index (χ0v) is 10.9. The minimum atomic E-state index is 0.700. The zero-order valence-electron chi connectivity index (χ0n) is 10.9. The van der Waals surface area contributed by atoms with Crippen molar-refractivity contribution in [1.82, 2.24) is 0 Å². The number of hydrogen-bond acceptors (Lipinski definition) is 3. The summed E-state index contributed by atoms with van der Waals surface area (Å²) in [6.07, 6.45) is 0. The van der Waals surface area contributed by atoms with Gasteiger partial charge in [-0.25, -0.2) is 0 Å². The largest absolute Gasteiger partial charge is 0.371 e. The van der Waals surface area contributed by atoms with E-state index in [-0.39, 0.29) is 0 Å². The summed E-state index contributed by atoms with van der Waals surface area (Å²) in [4.78, 5) is 4.58. The lowest BCUT2D eigenvalue weighted by molar-refractivity contribution is 0.822. The van der Waals surface area contributed by atoms with Gasteiger partial charge in [-0.3, -0.25) is 0 Å². The molecule has 0 unspecified atom stereocenters. The molecule has 0 radical (unpaired) electrons. The van der Waals surface area contributed by atoms with Gasteiger partial charge in [0.05, 0.1) is 23.0 Å². The van der Waals surface area contributed by atoms with Crippen LogP contribution in [0, 0.1) is 11.3 Å². The summed E-state index contributed by atoms with van der Waals surface area (Å²) >= 11 is 0. The average Bonchev–Trinajstić information content (AvgIpc) is 2.48. The third kappa shape index (κ3) is 2.02. The molecule has 0 saturated heterocycles. The molecule has 0 N–H and O–H groups in total. The Morgan fingerprint density at radius 3 is 2.32 bits per heavy atom. The Bertz CT molecular complexity index is 625. The molecule has 1 heterocycles. The molecule has 0 atom stereocenters. The first kappa shape index (κ1) is 11.6. The van der Waals surface area contributed by atoms with Crippen molar-refractivity contribution in [3.8, 4) is 6.07 Å². The maximum atomic E-state index is 8.86. The van der Waals surface area contributed by atoms with Crippen LogP contribution >= 0.6 is 0 Å². The summed E-state index contributed by atoms with van der Waals surface area (Å²) < 4.78 is 0. The topological polar surface area (TPSA) is 30.3 Å². The standard InChI is InChI=1S/C16H15N3/c1-18-10-11-19(16-5-3-2-4-15(16)18)14-8-6-13(12-17)7-9-14/h2-9H,10-11H2,1H3. The second-order valence-electron chi connectivity index (χ2n) is 4.72. The van der Waals surface area contributed by atoms with Crippen LogP contribution in [0.15, 0.2) is 48.5 Å². The van der Waals surface area contributed by atoms with Gasteiger partial charge in [0.1, 0.15) is 0 Å². The molecule has 2 aromatic carbocycles. The third-order valence-electron chi connectivity index (χ3n) is 3.55. The Morgan fingerprint density at radius 2 is 1.63 bits per heavy atom. The van der Waals surface area contributed by atoms with Crippen molar-refractivity contribution in [2.45, 2.75) is 0 Å². The number of benzene rings is 2. The zero-order chi connectivity index (χ0) is 13.2. The quantitative estimate of drug-likeness (QED) is 0.777. The van der Waals surface area contributed by atoms with Gasteiger partial charge in [-0.05, 0) is 36.4 Å². The van der Waals surface area contributed by atoms with Gasteiger partial charge in [-0.1, -0.05) is 12.1 Å². The molecular weight excluding hydrogens is 234 g/mol. The molecule has 0 fully saturated rings. The second kappa shape index (κ2) is 4.66. The number of para-hydroxylation sites is 2. The lowest BCUT2D eigenvalue weighted by Crippen LogP contribution is -2.36. The SMILES string of the molecule is CN1CCN(c2ccc(C#N)cc2)c2ccccc21. The average molecular weight is 249 g/mol. The fraction of sp³-hybridized carbons (Fsp3) is 0.188. The van der Waals surface area contributed by atoms with Crippen molar-refractivity contribution in [1.29, 1.82) is 5.26 Å². The molecule has 0 spiro atoms. The van der Waals surface area contributed by atoms with Gasteiger partial charge in [-0.15, -0.1) is 0 Å². The molecular formula is C16H15N3. The van der Waals surface area contributed by atoms with E-state index in [1.54, 1.807) is 0 Å². The summed E-state index contributed by atoms with van der Waals surface area (Å²) in [5.74, 6) is 0. The van der Waals surface area contributed by atoms with E-state index >= 15 is 0 Å². The first-order chi connectivity index (χ1) is 9.29. The predicted molar refractivity (Wildman–Crippen MR) is 77.9 cm³/mol. The van der Waals surface area contributed by atoms with Gasteiger partial charge in [0.2, 0.25) is 0 Å². The van der Waals surface area contributed by atoms with Gasteiger partial charge in [0.15, 0.2) is 0 Å². The predicted octanol–water partition coefficient (Wildman–Crippen LogP) is 3.15. The molecule has 1 aliphatic rings. The molecule has 3 nitrogen and oxygen atoms in total. The van der Waals surface area contributed by atoms with Crippen molar-refractivity contribution < 1.29 is 0 Å². The normalized spacial score (nSPS) is 13.9. The second-order valence-corrected chi connectivity index (χ2v) is 4.72. The highest BCUT2D eigenvalue weighted by Crippen LogP contribution is 2.36. The van der Waals surface area contributed by atoms with Crippen LogP contribution < -0.4 is 9.80 Å². The highest BCUT2D eigenvalue weighted by atomic mass is 15.3. The van der Waals surface area contributed by atoms with Gasteiger partial charge in [0.25, 0.3) is 0 Å². The minimum Gasteiger partial charge on any atom is -0.371 e. The van der Waals surface area contributed by atoms with Crippen LogP contribution in [-0.4, -0.2) is 20.1 Å². The highest BCUT2D eigenvalue weighted by molar-refractivity contribution is 5.79. The molecule has 1 aliphatic heterocycles. The molecule has 0 amide bonds. The number of rotatable bonds is 1. The van der Waals surface area contributed by atoms with Crippen LogP contribution in [0.1, 0.15) is 5.56 Å². The molecule has 3 heteroatoms.